The number of amides is 1. The van der Waals surface area contributed by atoms with E-state index >= 15 is 0 Å². The highest BCUT2D eigenvalue weighted by atomic mass is 19.3. The Hall–Kier alpha value is -4.61. The molecule has 0 bridgehead atoms. The van der Waals surface area contributed by atoms with Crippen molar-refractivity contribution >= 4 is 16.9 Å². The summed E-state index contributed by atoms with van der Waals surface area (Å²) in [5.74, 6) is -1.45. The second-order valence-corrected chi connectivity index (χ2v) is 11.3. The number of aromatic nitrogens is 6. The van der Waals surface area contributed by atoms with Crippen molar-refractivity contribution in [1.29, 1.82) is 0 Å². The normalized spacial score (nSPS) is 18.3. The Morgan fingerprint density at radius 1 is 1.05 bits per heavy atom. The van der Waals surface area contributed by atoms with E-state index in [0.717, 1.165) is 36.4 Å². The maximum atomic E-state index is 14.2. The number of aromatic amines is 1. The number of alkyl halides is 2. The summed E-state index contributed by atoms with van der Waals surface area (Å²) in [6.45, 7) is -0.274. The van der Waals surface area contributed by atoms with Crippen LogP contribution >= 0.6 is 0 Å². The summed E-state index contributed by atoms with van der Waals surface area (Å²) >= 11 is 0. The molecule has 220 valence electrons. The molecule has 5 aromatic rings. The number of benzene rings is 1. The number of pyridine rings is 1. The number of H-pyrrole nitrogens is 1. The second-order valence-electron chi connectivity index (χ2n) is 11.3. The summed E-state index contributed by atoms with van der Waals surface area (Å²) in [5, 5.41) is 8.00. The van der Waals surface area contributed by atoms with Gasteiger partial charge in [0.05, 0.1) is 11.7 Å². The van der Waals surface area contributed by atoms with Crippen molar-refractivity contribution in [3.05, 3.63) is 95.1 Å². The molecule has 4 heterocycles. The number of halogens is 4. The largest absolute Gasteiger partial charge is 0.346 e. The molecule has 2 N–H and O–H groups in total. The molecule has 8 nitrogen and oxygen atoms in total. The van der Waals surface area contributed by atoms with Gasteiger partial charge in [0.1, 0.15) is 35.8 Å². The Balaban J connectivity index is 1.24. The standard InChI is InChI=1S/C31H27F4N7O/c32-20-7-16(8-21(33)11-20)9-25(27-24(13-36-15-39-27)19-10-18-5-6-37-31(18)38-12-19)40-26(43)14-42-29-22-3-1-17(22)2-4-23(29)28(41-42)30(34)35/h5-8,10-13,15,17,22,25,30H,1-4,9,14H2,(H,37,38)(H,40,43)/t17-,22-,25+/m0/s1. The fourth-order valence-corrected chi connectivity index (χ4v) is 6.59. The molecule has 0 unspecified atom stereocenters. The topological polar surface area (TPSA) is 101 Å². The van der Waals surface area contributed by atoms with Crippen LogP contribution < -0.4 is 5.32 Å². The van der Waals surface area contributed by atoms with Crippen LogP contribution in [0.3, 0.4) is 0 Å². The molecule has 0 radical (unpaired) electrons. The lowest BCUT2D eigenvalue weighted by Gasteiger charge is -2.41. The summed E-state index contributed by atoms with van der Waals surface area (Å²) in [7, 11) is 0. The number of carbonyl (C=O) groups excluding carboxylic acids is 1. The van der Waals surface area contributed by atoms with Crippen LogP contribution in [0, 0.1) is 17.6 Å². The summed E-state index contributed by atoms with van der Waals surface area (Å²) in [4.78, 5) is 29.8. The van der Waals surface area contributed by atoms with Gasteiger partial charge >= 0.3 is 0 Å². The first kappa shape index (κ1) is 27.2. The van der Waals surface area contributed by atoms with Gasteiger partial charge in [0.25, 0.3) is 6.43 Å². The second kappa shape index (κ2) is 10.9. The molecule has 1 amide bonds. The van der Waals surface area contributed by atoms with Gasteiger partial charge in [-0.1, -0.05) is 0 Å². The van der Waals surface area contributed by atoms with Crippen LogP contribution in [0.5, 0.6) is 0 Å². The molecule has 12 heteroatoms. The van der Waals surface area contributed by atoms with Gasteiger partial charge in [0.2, 0.25) is 5.91 Å². The molecular formula is C31H27F4N7O. The molecule has 43 heavy (non-hydrogen) atoms. The van der Waals surface area contributed by atoms with Crippen molar-refractivity contribution < 1.29 is 22.4 Å². The molecule has 4 aromatic heterocycles. The minimum Gasteiger partial charge on any atom is -0.346 e. The van der Waals surface area contributed by atoms with Crippen molar-refractivity contribution in [2.45, 2.75) is 57.0 Å². The van der Waals surface area contributed by atoms with Gasteiger partial charge < -0.3 is 10.3 Å². The molecule has 2 aliphatic carbocycles. The van der Waals surface area contributed by atoms with Crippen LogP contribution in [0.15, 0.2) is 55.2 Å². The van der Waals surface area contributed by atoms with Crippen LogP contribution in [0.4, 0.5) is 17.6 Å². The zero-order chi connectivity index (χ0) is 29.7. The number of carbonyl (C=O) groups is 1. The Labute approximate surface area is 243 Å². The minimum absolute atomic E-state index is 0.00839. The summed E-state index contributed by atoms with van der Waals surface area (Å²) in [5.41, 5.74) is 3.71. The minimum atomic E-state index is -2.74. The van der Waals surface area contributed by atoms with Gasteiger partial charge in [-0.15, -0.1) is 0 Å². The van der Waals surface area contributed by atoms with Crippen LogP contribution in [0.2, 0.25) is 0 Å². The van der Waals surface area contributed by atoms with Gasteiger partial charge in [-0.25, -0.2) is 32.5 Å². The summed E-state index contributed by atoms with van der Waals surface area (Å²) in [6, 6.07) is 6.11. The predicted octanol–water partition coefficient (Wildman–Crippen LogP) is 5.97. The van der Waals surface area contributed by atoms with Gasteiger partial charge in [-0.05, 0) is 67.9 Å². The molecule has 0 aliphatic heterocycles. The van der Waals surface area contributed by atoms with Crippen LogP contribution in [-0.2, 0) is 24.2 Å². The van der Waals surface area contributed by atoms with E-state index in [1.165, 1.54) is 23.1 Å². The lowest BCUT2D eigenvalue weighted by atomic mass is 9.65. The fourth-order valence-electron chi connectivity index (χ4n) is 6.59. The summed E-state index contributed by atoms with van der Waals surface area (Å²) < 4.78 is 57.6. The van der Waals surface area contributed by atoms with E-state index in [4.69, 9.17) is 0 Å². The van der Waals surface area contributed by atoms with E-state index in [1.807, 2.05) is 12.1 Å². The molecule has 3 atom stereocenters. The van der Waals surface area contributed by atoms with Crippen molar-refractivity contribution in [2.75, 3.05) is 0 Å². The van der Waals surface area contributed by atoms with E-state index in [0.29, 0.717) is 45.9 Å². The molecule has 1 saturated carbocycles. The third kappa shape index (κ3) is 5.15. The van der Waals surface area contributed by atoms with Gasteiger partial charge in [0.15, 0.2) is 0 Å². The number of hydrogen-bond acceptors (Lipinski definition) is 5. The van der Waals surface area contributed by atoms with Crippen LogP contribution in [-0.4, -0.2) is 35.6 Å². The predicted molar refractivity (Wildman–Crippen MR) is 149 cm³/mol. The smallest absolute Gasteiger partial charge is 0.282 e. The third-order valence-electron chi connectivity index (χ3n) is 8.64. The molecule has 0 spiro atoms. The van der Waals surface area contributed by atoms with E-state index < -0.39 is 30.0 Å². The Morgan fingerprint density at radius 2 is 1.88 bits per heavy atom. The quantitative estimate of drug-likeness (QED) is 0.217. The molecular weight excluding hydrogens is 562 g/mol. The third-order valence-corrected chi connectivity index (χ3v) is 8.64. The first-order chi connectivity index (χ1) is 20.8. The monoisotopic (exact) mass is 589 g/mol. The molecule has 1 aromatic carbocycles. The molecule has 7 rings (SSSR count). The van der Waals surface area contributed by atoms with E-state index in [9.17, 15) is 22.4 Å². The maximum Gasteiger partial charge on any atom is 0.282 e. The number of nitrogens with zero attached hydrogens (tertiary/aromatic N) is 5. The Bertz CT molecular complexity index is 1810. The molecule has 0 saturated heterocycles. The van der Waals surface area contributed by atoms with Crippen molar-refractivity contribution in [2.24, 2.45) is 5.92 Å². The van der Waals surface area contributed by atoms with Gasteiger partial charge in [0, 0.05) is 58.3 Å². The van der Waals surface area contributed by atoms with Crippen LogP contribution in [0.1, 0.15) is 65.9 Å². The number of fused-ring (bicyclic) bond motifs is 4. The molecule has 1 fully saturated rings. The first-order valence-corrected chi connectivity index (χ1v) is 14.2. The average molecular weight is 590 g/mol. The number of rotatable bonds is 8. The average Bonchev–Trinajstić information content (AvgIpc) is 3.56. The lowest BCUT2D eigenvalue weighted by molar-refractivity contribution is -0.122. The van der Waals surface area contributed by atoms with Gasteiger partial charge in [-0.3, -0.25) is 9.48 Å². The highest BCUT2D eigenvalue weighted by molar-refractivity contribution is 5.82. The SMILES string of the molecule is O=C(Cn1nc(C(F)F)c2c1[C@H]1CC[C@H]1CC2)N[C@H](Cc1cc(F)cc(F)c1)c1ncncc1-c1cnc2[nH]ccc2c1. The Kier molecular flexibility index (Phi) is 6.91. The van der Waals surface area contributed by atoms with E-state index in [-0.39, 0.29) is 24.6 Å². The fraction of sp³-hybridized carbons (Fsp3) is 0.323. The number of nitrogens with one attached hydrogen (secondary N) is 2. The summed E-state index contributed by atoms with van der Waals surface area (Å²) in [6.07, 6.45) is 6.91. The van der Waals surface area contributed by atoms with E-state index in [1.54, 1.807) is 18.6 Å². The highest BCUT2D eigenvalue weighted by Crippen LogP contribution is 2.51. The zero-order valence-corrected chi connectivity index (χ0v) is 22.9. The lowest BCUT2D eigenvalue weighted by Crippen LogP contribution is -2.36. The van der Waals surface area contributed by atoms with Crippen molar-refractivity contribution in [3.63, 3.8) is 0 Å². The maximum absolute atomic E-state index is 14.2. The van der Waals surface area contributed by atoms with Crippen molar-refractivity contribution in [1.82, 2.24) is 35.0 Å². The van der Waals surface area contributed by atoms with Crippen molar-refractivity contribution in [3.8, 4) is 11.1 Å². The van der Waals surface area contributed by atoms with E-state index in [2.05, 4.69) is 30.4 Å². The highest BCUT2D eigenvalue weighted by Gasteiger charge is 2.42. The number of hydrogen-bond donors (Lipinski definition) is 2. The Morgan fingerprint density at radius 3 is 2.65 bits per heavy atom. The van der Waals surface area contributed by atoms with Gasteiger partial charge in [-0.2, -0.15) is 5.10 Å². The zero-order valence-electron chi connectivity index (χ0n) is 22.9. The molecule has 2 aliphatic rings. The van der Waals surface area contributed by atoms with Crippen LogP contribution in [0.25, 0.3) is 22.2 Å². The first-order valence-electron chi connectivity index (χ1n) is 14.2.